The summed E-state index contributed by atoms with van der Waals surface area (Å²) in [4.78, 5) is 7.57. The predicted octanol–water partition coefficient (Wildman–Crippen LogP) is 2.85. The van der Waals surface area contributed by atoms with Gasteiger partial charge in [0, 0.05) is 24.2 Å². The maximum Gasteiger partial charge on any atom is 0.171 e. The Bertz CT molecular complexity index is 728. The lowest BCUT2D eigenvalue weighted by molar-refractivity contribution is 0.348. The number of nitrogens with one attached hydrogen (secondary N) is 3. The molecule has 0 atom stereocenters. The van der Waals surface area contributed by atoms with E-state index in [4.69, 9.17) is 10.8 Å². The van der Waals surface area contributed by atoms with Crippen LogP contribution in [-0.4, -0.2) is 34.8 Å². The first-order valence-corrected chi connectivity index (χ1v) is 8.36. The lowest BCUT2D eigenvalue weighted by Gasteiger charge is -2.27. The van der Waals surface area contributed by atoms with E-state index < -0.39 is 0 Å². The van der Waals surface area contributed by atoms with Gasteiger partial charge in [-0.25, -0.2) is 4.99 Å². The van der Waals surface area contributed by atoms with E-state index >= 15 is 0 Å². The van der Waals surface area contributed by atoms with E-state index in [1.54, 1.807) is 11.8 Å². The Labute approximate surface area is 133 Å². The second-order valence-electron chi connectivity index (χ2n) is 5.64. The highest BCUT2D eigenvalue weighted by atomic mass is 32.2. The number of likely N-dealkylation sites (tertiary alicyclic amines) is 1. The number of hydrogen-bond acceptors (Lipinski definition) is 4. The van der Waals surface area contributed by atoms with Gasteiger partial charge < -0.3 is 10.2 Å². The standard InChI is InChI=1S/C16H17N5S/c17-14-11-7-3-2-6-10(11)12(19-14)13-15(18)20-16(22-13)21-8-4-1-5-9-21/h2-3,6-7,18H,1,4-5,8-9H2,(H2,17,19)/b13-12+,18-15?. The zero-order chi connectivity index (χ0) is 15.1. The Hall–Kier alpha value is -2.08. The summed E-state index contributed by atoms with van der Waals surface area (Å²) < 4.78 is 0. The first kappa shape index (κ1) is 13.6. The lowest BCUT2D eigenvalue weighted by Crippen LogP contribution is -2.33. The molecule has 112 valence electrons. The fraction of sp³-hybridized carbons (Fsp3) is 0.312. The van der Waals surface area contributed by atoms with Crippen LogP contribution in [0.25, 0.3) is 5.70 Å². The second-order valence-corrected chi connectivity index (χ2v) is 6.62. The molecule has 1 saturated heterocycles. The summed E-state index contributed by atoms with van der Waals surface area (Å²) in [7, 11) is 0. The average Bonchev–Trinajstić information content (AvgIpc) is 3.09. The molecule has 0 bridgehead atoms. The van der Waals surface area contributed by atoms with Crippen molar-refractivity contribution < 1.29 is 0 Å². The van der Waals surface area contributed by atoms with E-state index in [0.717, 1.165) is 40.0 Å². The highest BCUT2D eigenvalue weighted by molar-refractivity contribution is 8.18. The van der Waals surface area contributed by atoms with E-state index in [1.165, 1.54) is 19.3 Å². The summed E-state index contributed by atoms with van der Waals surface area (Å²) in [6.07, 6.45) is 3.68. The molecule has 4 rings (SSSR count). The molecule has 1 aromatic rings. The zero-order valence-electron chi connectivity index (χ0n) is 12.1. The molecule has 6 heteroatoms. The Morgan fingerprint density at radius 1 is 1.05 bits per heavy atom. The molecule has 0 radical (unpaired) electrons. The van der Waals surface area contributed by atoms with E-state index in [2.05, 4.69) is 15.2 Å². The number of fused-ring (bicyclic) bond motifs is 1. The number of rotatable bonds is 0. The van der Waals surface area contributed by atoms with Crippen LogP contribution in [0.5, 0.6) is 0 Å². The second kappa shape index (κ2) is 5.28. The summed E-state index contributed by atoms with van der Waals surface area (Å²) in [5.74, 6) is 0.704. The Morgan fingerprint density at radius 2 is 1.77 bits per heavy atom. The van der Waals surface area contributed by atoms with Gasteiger partial charge in [-0.05, 0) is 31.0 Å². The fourth-order valence-electron chi connectivity index (χ4n) is 3.06. The lowest BCUT2D eigenvalue weighted by atomic mass is 10.1. The average molecular weight is 311 g/mol. The SMILES string of the molecule is N=C1N=C(N2CCCCC2)S/C1=C1/NC(=N)c2ccccc21. The minimum atomic E-state index is 0.303. The summed E-state index contributed by atoms with van der Waals surface area (Å²) in [6, 6.07) is 7.84. The van der Waals surface area contributed by atoms with Crippen LogP contribution in [0.4, 0.5) is 0 Å². The third-order valence-corrected chi connectivity index (χ3v) is 5.32. The maximum absolute atomic E-state index is 8.22. The Balaban J connectivity index is 1.68. The summed E-state index contributed by atoms with van der Waals surface area (Å²) in [5.41, 5.74) is 2.74. The van der Waals surface area contributed by atoms with Gasteiger partial charge in [0.1, 0.15) is 5.84 Å². The zero-order valence-corrected chi connectivity index (χ0v) is 13.0. The summed E-state index contributed by atoms with van der Waals surface area (Å²) >= 11 is 1.56. The first-order valence-electron chi connectivity index (χ1n) is 7.54. The van der Waals surface area contributed by atoms with Gasteiger partial charge in [-0.2, -0.15) is 0 Å². The van der Waals surface area contributed by atoms with Crippen molar-refractivity contribution in [1.82, 2.24) is 10.2 Å². The number of thioether (sulfide) groups is 1. The van der Waals surface area contributed by atoms with E-state index in [-0.39, 0.29) is 0 Å². The van der Waals surface area contributed by atoms with Gasteiger partial charge in [0.15, 0.2) is 11.0 Å². The number of benzene rings is 1. The van der Waals surface area contributed by atoms with Crippen LogP contribution in [0.2, 0.25) is 0 Å². The molecule has 1 fully saturated rings. The van der Waals surface area contributed by atoms with Crippen LogP contribution in [0.1, 0.15) is 30.4 Å². The highest BCUT2D eigenvalue weighted by Gasteiger charge is 2.31. The smallest absolute Gasteiger partial charge is 0.171 e. The molecule has 3 heterocycles. The molecule has 0 aromatic heterocycles. The topological polar surface area (TPSA) is 75.3 Å². The molecule has 3 N–H and O–H groups in total. The van der Waals surface area contributed by atoms with Gasteiger partial charge in [0.2, 0.25) is 0 Å². The molecule has 3 aliphatic rings. The third-order valence-electron chi connectivity index (χ3n) is 4.19. The molecule has 1 aromatic carbocycles. The Kier molecular flexibility index (Phi) is 3.26. The Morgan fingerprint density at radius 3 is 2.55 bits per heavy atom. The van der Waals surface area contributed by atoms with Crippen LogP contribution in [-0.2, 0) is 0 Å². The van der Waals surface area contributed by atoms with Crippen molar-refractivity contribution >= 4 is 34.3 Å². The third kappa shape index (κ3) is 2.14. The fourth-order valence-corrected chi connectivity index (χ4v) is 4.09. The number of amidine groups is 3. The molecular weight excluding hydrogens is 294 g/mol. The van der Waals surface area contributed by atoms with Gasteiger partial charge in [0.05, 0.1) is 10.6 Å². The maximum atomic E-state index is 8.22. The normalized spacial score (nSPS) is 24.4. The van der Waals surface area contributed by atoms with Crippen LogP contribution >= 0.6 is 11.8 Å². The minimum absolute atomic E-state index is 0.303. The van der Waals surface area contributed by atoms with E-state index in [1.807, 2.05) is 24.3 Å². The molecule has 22 heavy (non-hydrogen) atoms. The van der Waals surface area contributed by atoms with Crippen LogP contribution in [0.15, 0.2) is 34.2 Å². The van der Waals surface area contributed by atoms with Crippen molar-refractivity contribution in [2.24, 2.45) is 4.99 Å². The van der Waals surface area contributed by atoms with Crippen molar-refractivity contribution in [3.63, 3.8) is 0 Å². The highest BCUT2D eigenvalue weighted by Crippen LogP contribution is 2.37. The predicted molar refractivity (Wildman–Crippen MR) is 91.5 cm³/mol. The number of piperidine rings is 1. The van der Waals surface area contributed by atoms with Gasteiger partial charge >= 0.3 is 0 Å². The van der Waals surface area contributed by atoms with Crippen molar-refractivity contribution in [2.45, 2.75) is 19.3 Å². The largest absolute Gasteiger partial charge is 0.351 e. The van der Waals surface area contributed by atoms with Gasteiger partial charge in [-0.1, -0.05) is 24.3 Å². The van der Waals surface area contributed by atoms with Crippen LogP contribution in [0.3, 0.4) is 0 Å². The summed E-state index contributed by atoms with van der Waals surface area (Å²) in [6.45, 7) is 2.06. The minimum Gasteiger partial charge on any atom is -0.351 e. The van der Waals surface area contributed by atoms with Gasteiger partial charge in [-0.3, -0.25) is 10.8 Å². The van der Waals surface area contributed by atoms with Gasteiger partial charge in [-0.15, -0.1) is 0 Å². The first-order chi connectivity index (χ1) is 10.7. The van der Waals surface area contributed by atoms with E-state index in [0.29, 0.717) is 11.7 Å². The molecule has 0 spiro atoms. The quantitative estimate of drug-likeness (QED) is 0.689. The molecule has 0 amide bonds. The van der Waals surface area contributed by atoms with E-state index in [9.17, 15) is 0 Å². The molecule has 3 aliphatic heterocycles. The van der Waals surface area contributed by atoms with Crippen molar-refractivity contribution in [3.05, 3.63) is 40.3 Å². The van der Waals surface area contributed by atoms with Crippen LogP contribution < -0.4 is 5.32 Å². The van der Waals surface area contributed by atoms with Crippen molar-refractivity contribution in [3.8, 4) is 0 Å². The molecule has 5 nitrogen and oxygen atoms in total. The molecule has 0 aliphatic carbocycles. The van der Waals surface area contributed by atoms with Crippen LogP contribution in [0, 0.1) is 10.8 Å². The molecule has 0 saturated carbocycles. The number of nitrogens with zero attached hydrogens (tertiary/aromatic N) is 2. The van der Waals surface area contributed by atoms with Gasteiger partial charge in [0.25, 0.3) is 0 Å². The van der Waals surface area contributed by atoms with Crippen molar-refractivity contribution in [2.75, 3.05) is 13.1 Å². The van der Waals surface area contributed by atoms with Crippen molar-refractivity contribution in [1.29, 1.82) is 10.8 Å². The number of aliphatic imine (C=N–C) groups is 1. The number of hydrogen-bond donors (Lipinski definition) is 3. The molecular formula is C16H17N5S. The molecule has 0 unspecified atom stereocenters. The monoisotopic (exact) mass is 311 g/mol. The summed E-state index contributed by atoms with van der Waals surface area (Å²) in [5, 5.41) is 20.3.